The fraction of sp³-hybridized carbons (Fsp3) is 0.409. The molecule has 0 bridgehead atoms. The zero-order valence-corrected chi connectivity index (χ0v) is 16.7. The highest BCUT2D eigenvalue weighted by molar-refractivity contribution is 5.70. The van der Waals surface area contributed by atoms with Gasteiger partial charge in [-0.25, -0.2) is 0 Å². The third-order valence-electron chi connectivity index (χ3n) is 4.40. The zero-order valence-electron chi connectivity index (χ0n) is 16.7. The van der Waals surface area contributed by atoms with Gasteiger partial charge in [-0.05, 0) is 47.9 Å². The molecule has 0 spiro atoms. The molecule has 158 valence electrons. The predicted molar refractivity (Wildman–Crippen MR) is 103 cm³/mol. The monoisotopic (exact) mass is 410 g/mol. The van der Waals surface area contributed by atoms with Crippen LogP contribution in [-0.2, 0) is 15.7 Å². The number of alkyl halides is 3. The maximum Gasteiger partial charge on any atom is 0.416 e. The summed E-state index contributed by atoms with van der Waals surface area (Å²) >= 11 is 0. The second-order valence-corrected chi connectivity index (χ2v) is 7.00. The van der Waals surface area contributed by atoms with Crippen LogP contribution in [0.5, 0.6) is 11.5 Å². The van der Waals surface area contributed by atoms with Crippen molar-refractivity contribution in [3.05, 3.63) is 59.7 Å². The number of rotatable bonds is 9. The number of methoxy groups -OCH3 is 1. The van der Waals surface area contributed by atoms with E-state index in [1.807, 2.05) is 38.1 Å². The smallest absolute Gasteiger partial charge is 0.416 e. The first-order valence-corrected chi connectivity index (χ1v) is 9.28. The van der Waals surface area contributed by atoms with E-state index in [4.69, 9.17) is 9.47 Å². The highest BCUT2D eigenvalue weighted by Crippen LogP contribution is 2.30. The van der Waals surface area contributed by atoms with Crippen LogP contribution in [0.4, 0.5) is 13.2 Å². The first-order valence-electron chi connectivity index (χ1n) is 9.28. The SMILES string of the molecule is COC(=O)CC(C)c1ccc(OCC(C)COc2ccc(C(F)(F)F)cc2)cc1. The molecule has 29 heavy (non-hydrogen) atoms. The summed E-state index contributed by atoms with van der Waals surface area (Å²) < 4.78 is 53.6. The molecule has 0 fully saturated rings. The molecule has 0 heterocycles. The molecule has 2 aromatic rings. The van der Waals surface area contributed by atoms with Gasteiger partial charge in [-0.15, -0.1) is 0 Å². The van der Waals surface area contributed by atoms with E-state index in [2.05, 4.69) is 4.74 Å². The van der Waals surface area contributed by atoms with Crippen molar-refractivity contribution in [2.75, 3.05) is 20.3 Å². The second kappa shape index (κ2) is 10.2. The third kappa shape index (κ3) is 7.33. The number of halogens is 3. The molecule has 0 aromatic heterocycles. The Morgan fingerprint density at radius 1 is 0.897 bits per heavy atom. The van der Waals surface area contributed by atoms with Crippen LogP contribution in [0.1, 0.15) is 37.3 Å². The molecule has 2 unspecified atom stereocenters. The van der Waals surface area contributed by atoms with Gasteiger partial charge < -0.3 is 14.2 Å². The van der Waals surface area contributed by atoms with Gasteiger partial charge in [0.25, 0.3) is 0 Å². The number of benzene rings is 2. The standard InChI is InChI=1S/C22H25F3O4/c1-15(14-29-20-10-6-18(7-11-20)22(23,24)25)13-28-19-8-4-17(5-9-19)16(2)12-21(26)27-3/h4-11,15-16H,12-14H2,1-3H3. The molecule has 0 saturated heterocycles. The summed E-state index contributed by atoms with van der Waals surface area (Å²) in [6.45, 7) is 4.60. The highest BCUT2D eigenvalue weighted by atomic mass is 19.4. The molecule has 0 aliphatic rings. The summed E-state index contributed by atoms with van der Waals surface area (Å²) in [5, 5.41) is 0. The first-order chi connectivity index (χ1) is 13.7. The molecule has 0 amide bonds. The van der Waals surface area contributed by atoms with Crippen molar-refractivity contribution in [1.29, 1.82) is 0 Å². The predicted octanol–water partition coefficient (Wildman–Crippen LogP) is 5.47. The van der Waals surface area contributed by atoms with Gasteiger partial charge in [0.05, 0.1) is 32.3 Å². The van der Waals surface area contributed by atoms with E-state index in [0.29, 0.717) is 31.1 Å². The Bertz CT molecular complexity index is 770. The molecular formula is C22H25F3O4. The Hall–Kier alpha value is -2.70. The average molecular weight is 410 g/mol. The zero-order chi connectivity index (χ0) is 21.4. The molecule has 0 N–H and O–H groups in total. The second-order valence-electron chi connectivity index (χ2n) is 7.00. The first kappa shape index (κ1) is 22.6. The minimum atomic E-state index is -4.35. The molecule has 4 nitrogen and oxygen atoms in total. The van der Waals surface area contributed by atoms with Gasteiger partial charge in [0.15, 0.2) is 0 Å². The van der Waals surface area contributed by atoms with Crippen molar-refractivity contribution in [2.45, 2.75) is 32.4 Å². The van der Waals surface area contributed by atoms with E-state index >= 15 is 0 Å². The molecule has 2 atom stereocenters. The number of esters is 1. The Kier molecular flexibility index (Phi) is 7.93. The van der Waals surface area contributed by atoms with Crippen LogP contribution in [0, 0.1) is 5.92 Å². The van der Waals surface area contributed by atoms with E-state index in [1.54, 1.807) is 0 Å². The lowest BCUT2D eigenvalue weighted by Crippen LogP contribution is -2.16. The van der Waals surface area contributed by atoms with Gasteiger partial charge in [0.1, 0.15) is 11.5 Å². The average Bonchev–Trinajstić information content (AvgIpc) is 2.70. The Balaban J connectivity index is 1.77. The molecule has 2 rings (SSSR count). The lowest BCUT2D eigenvalue weighted by Gasteiger charge is -2.16. The fourth-order valence-corrected chi connectivity index (χ4v) is 2.61. The van der Waals surface area contributed by atoms with Crippen LogP contribution in [0.2, 0.25) is 0 Å². The lowest BCUT2D eigenvalue weighted by atomic mass is 9.98. The Morgan fingerprint density at radius 3 is 1.83 bits per heavy atom. The summed E-state index contributed by atoms with van der Waals surface area (Å²) in [5.74, 6) is 0.914. The van der Waals surface area contributed by atoms with Crippen molar-refractivity contribution >= 4 is 5.97 Å². The molecule has 7 heteroatoms. The van der Waals surface area contributed by atoms with Crippen molar-refractivity contribution in [3.8, 4) is 11.5 Å². The van der Waals surface area contributed by atoms with Crippen molar-refractivity contribution in [1.82, 2.24) is 0 Å². The van der Waals surface area contributed by atoms with Gasteiger partial charge in [-0.2, -0.15) is 13.2 Å². The van der Waals surface area contributed by atoms with E-state index in [9.17, 15) is 18.0 Å². The maximum atomic E-state index is 12.6. The summed E-state index contributed by atoms with van der Waals surface area (Å²) in [6, 6.07) is 12.1. The minimum absolute atomic E-state index is 0.0372. The van der Waals surface area contributed by atoms with Crippen LogP contribution in [0.15, 0.2) is 48.5 Å². The van der Waals surface area contributed by atoms with E-state index < -0.39 is 11.7 Å². The molecule has 2 aromatic carbocycles. The van der Waals surface area contributed by atoms with Crippen LogP contribution in [0.3, 0.4) is 0 Å². The fourth-order valence-electron chi connectivity index (χ4n) is 2.61. The van der Waals surface area contributed by atoms with Crippen molar-refractivity contribution in [3.63, 3.8) is 0 Å². The lowest BCUT2D eigenvalue weighted by molar-refractivity contribution is -0.141. The molecule has 0 radical (unpaired) electrons. The van der Waals surface area contributed by atoms with Gasteiger partial charge in [0, 0.05) is 5.92 Å². The summed E-state index contributed by atoms with van der Waals surface area (Å²) in [6.07, 6.45) is -4.04. The number of hydrogen-bond acceptors (Lipinski definition) is 4. The number of ether oxygens (including phenoxy) is 3. The highest BCUT2D eigenvalue weighted by Gasteiger charge is 2.30. The van der Waals surface area contributed by atoms with Gasteiger partial charge in [0.2, 0.25) is 0 Å². The molecular weight excluding hydrogens is 385 g/mol. The molecule has 0 aliphatic carbocycles. The Labute approximate surface area is 168 Å². The minimum Gasteiger partial charge on any atom is -0.493 e. The summed E-state index contributed by atoms with van der Waals surface area (Å²) in [4.78, 5) is 11.4. The van der Waals surface area contributed by atoms with Crippen LogP contribution in [0.25, 0.3) is 0 Å². The van der Waals surface area contributed by atoms with E-state index in [0.717, 1.165) is 17.7 Å². The van der Waals surface area contributed by atoms with Crippen LogP contribution < -0.4 is 9.47 Å². The van der Waals surface area contributed by atoms with Crippen LogP contribution in [-0.4, -0.2) is 26.3 Å². The van der Waals surface area contributed by atoms with Gasteiger partial charge in [-0.3, -0.25) is 4.79 Å². The normalized spacial score (nSPS) is 13.4. The van der Waals surface area contributed by atoms with Gasteiger partial charge >= 0.3 is 12.1 Å². The number of carbonyl (C=O) groups excluding carboxylic acids is 1. The summed E-state index contributed by atoms with van der Waals surface area (Å²) in [7, 11) is 1.37. The number of hydrogen-bond donors (Lipinski definition) is 0. The van der Waals surface area contributed by atoms with E-state index in [1.165, 1.54) is 19.2 Å². The molecule has 0 aliphatic heterocycles. The summed E-state index contributed by atoms with van der Waals surface area (Å²) in [5.41, 5.74) is 0.312. The number of carbonyl (C=O) groups is 1. The molecule has 0 saturated carbocycles. The maximum absolute atomic E-state index is 12.6. The van der Waals surface area contributed by atoms with Crippen molar-refractivity contribution in [2.24, 2.45) is 5.92 Å². The largest absolute Gasteiger partial charge is 0.493 e. The topological polar surface area (TPSA) is 44.8 Å². The van der Waals surface area contributed by atoms with Crippen molar-refractivity contribution < 1.29 is 32.2 Å². The Morgan fingerprint density at radius 2 is 1.38 bits per heavy atom. The van der Waals surface area contributed by atoms with Crippen LogP contribution >= 0.6 is 0 Å². The van der Waals surface area contributed by atoms with E-state index in [-0.39, 0.29) is 17.8 Å². The quantitative estimate of drug-likeness (QED) is 0.515. The third-order valence-corrected chi connectivity index (χ3v) is 4.40. The van der Waals surface area contributed by atoms with Gasteiger partial charge in [-0.1, -0.05) is 26.0 Å².